The Morgan fingerprint density at radius 2 is 2.09 bits per heavy atom. The normalized spacial score (nSPS) is 9.82. The van der Waals surface area contributed by atoms with Crippen LogP contribution in [0, 0.1) is 13.8 Å². The van der Waals surface area contributed by atoms with Crippen LogP contribution in [0.1, 0.15) is 11.3 Å². The smallest absolute Gasteiger partial charge is 0.156 e. The number of aromatic nitrogens is 1. The van der Waals surface area contributed by atoms with Gasteiger partial charge in [0.2, 0.25) is 0 Å². The minimum atomic E-state index is 0.634. The molecule has 1 aromatic rings. The highest BCUT2D eigenvalue weighted by Gasteiger charge is 2.05. The molecule has 2 nitrogen and oxygen atoms in total. The Balaban J connectivity index is 3.25. The molecular weight excluding hydrogens is 162 g/mol. The standard InChI is InChI=1S/C8H10ClNO/c1-5-6(2)10-4-7(11-3)8(5)9/h4H,1-3H3. The van der Waals surface area contributed by atoms with Crippen LogP contribution in [0.5, 0.6) is 5.75 Å². The minimum absolute atomic E-state index is 0.634. The first-order valence-electron chi connectivity index (χ1n) is 3.32. The van der Waals surface area contributed by atoms with Gasteiger partial charge in [-0.2, -0.15) is 0 Å². The summed E-state index contributed by atoms with van der Waals surface area (Å²) in [7, 11) is 1.58. The monoisotopic (exact) mass is 171 g/mol. The first-order valence-corrected chi connectivity index (χ1v) is 3.70. The summed E-state index contributed by atoms with van der Waals surface area (Å²) in [5, 5.41) is 0.653. The summed E-state index contributed by atoms with van der Waals surface area (Å²) in [6.07, 6.45) is 1.63. The molecule has 0 aliphatic heterocycles. The molecular formula is C8H10ClNO. The number of halogens is 1. The molecule has 0 aliphatic rings. The summed E-state index contributed by atoms with van der Waals surface area (Å²) in [6.45, 7) is 3.84. The zero-order valence-electron chi connectivity index (χ0n) is 6.81. The second kappa shape index (κ2) is 3.09. The third kappa shape index (κ3) is 1.46. The average molecular weight is 172 g/mol. The average Bonchev–Trinajstić information content (AvgIpc) is 2.01. The van der Waals surface area contributed by atoms with Crippen LogP contribution >= 0.6 is 11.6 Å². The second-order valence-corrected chi connectivity index (χ2v) is 2.73. The number of hydrogen-bond acceptors (Lipinski definition) is 2. The molecule has 0 atom stereocenters. The van der Waals surface area contributed by atoms with Gasteiger partial charge >= 0.3 is 0 Å². The van der Waals surface area contributed by atoms with Gasteiger partial charge in [-0.3, -0.25) is 4.98 Å². The topological polar surface area (TPSA) is 22.1 Å². The van der Waals surface area contributed by atoms with Crippen LogP contribution in [0.4, 0.5) is 0 Å². The Morgan fingerprint density at radius 3 is 2.64 bits per heavy atom. The molecule has 1 aromatic heterocycles. The van der Waals surface area contributed by atoms with Crippen LogP contribution in [-0.2, 0) is 0 Å². The lowest BCUT2D eigenvalue weighted by molar-refractivity contribution is 0.412. The molecule has 11 heavy (non-hydrogen) atoms. The van der Waals surface area contributed by atoms with Crippen molar-refractivity contribution in [3.8, 4) is 5.75 Å². The fourth-order valence-electron chi connectivity index (χ4n) is 0.795. The highest BCUT2D eigenvalue weighted by atomic mass is 35.5. The Morgan fingerprint density at radius 1 is 1.45 bits per heavy atom. The fraction of sp³-hybridized carbons (Fsp3) is 0.375. The molecule has 0 N–H and O–H groups in total. The van der Waals surface area contributed by atoms with E-state index in [0.717, 1.165) is 11.3 Å². The van der Waals surface area contributed by atoms with Crippen molar-refractivity contribution in [1.29, 1.82) is 0 Å². The SMILES string of the molecule is COc1cnc(C)c(C)c1Cl. The number of hydrogen-bond donors (Lipinski definition) is 0. The van der Waals surface area contributed by atoms with E-state index in [-0.39, 0.29) is 0 Å². The zero-order valence-corrected chi connectivity index (χ0v) is 7.57. The van der Waals surface area contributed by atoms with Gasteiger partial charge in [0, 0.05) is 5.69 Å². The van der Waals surface area contributed by atoms with E-state index in [0.29, 0.717) is 10.8 Å². The Bertz CT molecular complexity index is 273. The number of ether oxygens (including phenoxy) is 1. The van der Waals surface area contributed by atoms with E-state index in [1.165, 1.54) is 0 Å². The van der Waals surface area contributed by atoms with Gasteiger partial charge in [0.25, 0.3) is 0 Å². The van der Waals surface area contributed by atoms with Gasteiger partial charge in [-0.25, -0.2) is 0 Å². The highest BCUT2D eigenvalue weighted by Crippen LogP contribution is 2.27. The van der Waals surface area contributed by atoms with Crippen molar-refractivity contribution in [2.24, 2.45) is 0 Å². The summed E-state index contributed by atoms with van der Waals surface area (Å²) in [4.78, 5) is 4.10. The summed E-state index contributed by atoms with van der Waals surface area (Å²) in [6, 6.07) is 0. The van der Waals surface area contributed by atoms with E-state index >= 15 is 0 Å². The molecule has 0 fully saturated rings. The first kappa shape index (κ1) is 8.34. The first-order chi connectivity index (χ1) is 5.16. The zero-order chi connectivity index (χ0) is 8.43. The van der Waals surface area contributed by atoms with E-state index < -0.39 is 0 Å². The summed E-state index contributed by atoms with van der Waals surface area (Å²) < 4.78 is 4.99. The number of aryl methyl sites for hydroxylation is 1. The summed E-state index contributed by atoms with van der Waals surface area (Å²) >= 11 is 5.93. The minimum Gasteiger partial charge on any atom is -0.494 e. The lowest BCUT2D eigenvalue weighted by Gasteiger charge is -2.06. The fourth-order valence-corrected chi connectivity index (χ4v) is 1.06. The van der Waals surface area contributed by atoms with Crippen LogP contribution in [0.25, 0.3) is 0 Å². The molecule has 0 saturated carbocycles. The third-order valence-corrected chi connectivity index (χ3v) is 2.15. The molecule has 0 unspecified atom stereocenters. The number of pyridine rings is 1. The molecule has 0 aromatic carbocycles. The van der Waals surface area contributed by atoms with Crippen LogP contribution in [0.3, 0.4) is 0 Å². The largest absolute Gasteiger partial charge is 0.494 e. The number of rotatable bonds is 1. The maximum Gasteiger partial charge on any atom is 0.156 e. The molecule has 1 heterocycles. The lowest BCUT2D eigenvalue weighted by Crippen LogP contribution is -1.92. The van der Waals surface area contributed by atoms with Crippen LogP contribution in [-0.4, -0.2) is 12.1 Å². The maximum absolute atomic E-state index is 5.93. The second-order valence-electron chi connectivity index (χ2n) is 2.35. The van der Waals surface area contributed by atoms with E-state index in [1.807, 2.05) is 13.8 Å². The van der Waals surface area contributed by atoms with Gasteiger partial charge in [0.05, 0.1) is 18.3 Å². The molecule has 60 valence electrons. The van der Waals surface area contributed by atoms with Crippen molar-refractivity contribution in [3.05, 3.63) is 22.5 Å². The van der Waals surface area contributed by atoms with Gasteiger partial charge < -0.3 is 4.74 Å². The molecule has 0 spiro atoms. The van der Waals surface area contributed by atoms with E-state index in [1.54, 1.807) is 13.3 Å². The Hall–Kier alpha value is -0.760. The summed E-state index contributed by atoms with van der Waals surface area (Å²) in [5.74, 6) is 0.634. The van der Waals surface area contributed by atoms with Crippen LogP contribution in [0.15, 0.2) is 6.20 Å². The van der Waals surface area contributed by atoms with Crippen LogP contribution in [0.2, 0.25) is 5.02 Å². The third-order valence-electron chi connectivity index (χ3n) is 1.68. The van der Waals surface area contributed by atoms with E-state index in [9.17, 15) is 0 Å². The van der Waals surface area contributed by atoms with Gasteiger partial charge in [-0.1, -0.05) is 11.6 Å². The molecule has 0 amide bonds. The van der Waals surface area contributed by atoms with Crippen molar-refractivity contribution in [3.63, 3.8) is 0 Å². The van der Waals surface area contributed by atoms with Gasteiger partial charge in [-0.05, 0) is 19.4 Å². The quantitative estimate of drug-likeness (QED) is 0.647. The van der Waals surface area contributed by atoms with Crippen molar-refractivity contribution in [2.75, 3.05) is 7.11 Å². The molecule has 1 rings (SSSR count). The van der Waals surface area contributed by atoms with Gasteiger partial charge in [0.15, 0.2) is 5.75 Å². The number of nitrogens with zero attached hydrogens (tertiary/aromatic N) is 1. The maximum atomic E-state index is 5.93. The predicted molar refractivity (Wildman–Crippen MR) is 45.3 cm³/mol. The molecule has 0 radical (unpaired) electrons. The molecule has 0 aliphatic carbocycles. The molecule has 0 saturated heterocycles. The Labute approximate surface area is 71.2 Å². The molecule has 3 heteroatoms. The van der Waals surface area contributed by atoms with Crippen LogP contribution < -0.4 is 4.74 Å². The predicted octanol–water partition coefficient (Wildman–Crippen LogP) is 2.36. The van der Waals surface area contributed by atoms with E-state index in [2.05, 4.69) is 4.98 Å². The van der Waals surface area contributed by atoms with Crippen molar-refractivity contribution in [1.82, 2.24) is 4.98 Å². The Kier molecular flexibility index (Phi) is 2.35. The van der Waals surface area contributed by atoms with Crippen molar-refractivity contribution in [2.45, 2.75) is 13.8 Å². The summed E-state index contributed by atoms with van der Waals surface area (Å²) in [5.41, 5.74) is 1.92. The van der Waals surface area contributed by atoms with Crippen molar-refractivity contribution >= 4 is 11.6 Å². The van der Waals surface area contributed by atoms with Gasteiger partial charge in [0.1, 0.15) is 0 Å². The van der Waals surface area contributed by atoms with Gasteiger partial charge in [-0.15, -0.1) is 0 Å². The number of methoxy groups -OCH3 is 1. The highest BCUT2D eigenvalue weighted by molar-refractivity contribution is 6.32. The van der Waals surface area contributed by atoms with E-state index in [4.69, 9.17) is 16.3 Å². The molecule has 0 bridgehead atoms. The van der Waals surface area contributed by atoms with Crippen molar-refractivity contribution < 1.29 is 4.74 Å². The lowest BCUT2D eigenvalue weighted by atomic mass is 10.2.